The fourth-order valence-electron chi connectivity index (χ4n) is 1.54. The fourth-order valence-corrected chi connectivity index (χ4v) is 2.71. The number of aliphatic hydroxyl groups excluding tert-OH is 1. The molecule has 0 spiro atoms. The fraction of sp³-hybridized carbons (Fsp3) is 0.538. The molecule has 1 aromatic rings. The van der Waals surface area contributed by atoms with Crippen molar-refractivity contribution in [2.45, 2.75) is 24.5 Å². The molecule has 6 nitrogen and oxygen atoms in total. The molecule has 1 aromatic carbocycles. The third-order valence-corrected chi connectivity index (χ3v) is 4.60. The molecule has 0 bridgehead atoms. The lowest BCUT2D eigenvalue weighted by molar-refractivity contribution is 0.273. The number of rotatable bonds is 7. The van der Waals surface area contributed by atoms with Gasteiger partial charge in [-0.25, -0.2) is 13.1 Å². The first-order chi connectivity index (χ1) is 9.31. The average molecular weight is 302 g/mol. The van der Waals surface area contributed by atoms with Crippen molar-refractivity contribution in [2.24, 2.45) is 0 Å². The second-order valence-electron chi connectivity index (χ2n) is 4.80. The molecule has 1 atom stereocenters. The molecule has 0 aliphatic heterocycles. The molecule has 0 fully saturated rings. The molecule has 0 saturated heterocycles. The van der Waals surface area contributed by atoms with Gasteiger partial charge in [0.2, 0.25) is 10.0 Å². The Balaban J connectivity index is 2.93. The molecule has 0 radical (unpaired) electrons. The van der Waals surface area contributed by atoms with Gasteiger partial charge in [-0.05, 0) is 39.2 Å². The van der Waals surface area contributed by atoms with Crippen molar-refractivity contribution in [3.8, 4) is 5.75 Å². The van der Waals surface area contributed by atoms with Crippen molar-refractivity contribution in [1.82, 2.24) is 9.62 Å². The highest BCUT2D eigenvalue weighted by Crippen LogP contribution is 2.22. The molecule has 0 amide bonds. The van der Waals surface area contributed by atoms with E-state index in [0.717, 1.165) is 0 Å². The zero-order valence-corrected chi connectivity index (χ0v) is 13.1. The lowest BCUT2D eigenvalue weighted by Crippen LogP contribution is -2.38. The summed E-state index contributed by atoms with van der Waals surface area (Å²) >= 11 is 0. The van der Waals surface area contributed by atoms with Gasteiger partial charge < -0.3 is 14.7 Å². The predicted molar refractivity (Wildman–Crippen MR) is 77.3 cm³/mol. The lowest BCUT2D eigenvalue weighted by Gasteiger charge is -2.20. The summed E-state index contributed by atoms with van der Waals surface area (Å²) in [5.41, 5.74) is 0.441. The second kappa shape index (κ2) is 7.03. The predicted octanol–water partition coefficient (Wildman–Crippen LogP) is 0.416. The van der Waals surface area contributed by atoms with Gasteiger partial charge in [0.15, 0.2) is 0 Å². The molecule has 20 heavy (non-hydrogen) atoms. The van der Waals surface area contributed by atoms with Gasteiger partial charge in [-0.15, -0.1) is 0 Å². The van der Waals surface area contributed by atoms with E-state index < -0.39 is 10.0 Å². The molecular weight excluding hydrogens is 280 g/mol. The second-order valence-corrected chi connectivity index (χ2v) is 6.56. The minimum atomic E-state index is -3.59. The maximum absolute atomic E-state index is 12.2. The number of sulfonamides is 1. The van der Waals surface area contributed by atoms with Crippen molar-refractivity contribution in [3.63, 3.8) is 0 Å². The summed E-state index contributed by atoms with van der Waals surface area (Å²) in [6, 6.07) is 4.50. The van der Waals surface area contributed by atoms with Crippen molar-refractivity contribution in [2.75, 3.05) is 27.7 Å². The van der Waals surface area contributed by atoms with Crippen LogP contribution >= 0.6 is 0 Å². The smallest absolute Gasteiger partial charge is 0.240 e. The van der Waals surface area contributed by atoms with E-state index in [1.54, 1.807) is 0 Å². The van der Waals surface area contributed by atoms with E-state index in [4.69, 9.17) is 4.74 Å². The zero-order valence-electron chi connectivity index (χ0n) is 12.3. The Labute approximate surface area is 120 Å². The zero-order chi connectivity index (χ0) is 15.3. The molecule has 0 aliphatic rings. The lowest BCUT2D eigenvalue weighted by atomic mass is 10.2. The van der Waals surface area contributed by atoms with Crippen molar-refractivity contribution < 1.29 is 18.3 Å². The van der Waals surface area contributed by atoms with Crippen LogP contribution in [0.1, 0.15) is 12.5 Å². The SMILES string of the molecule is COc1ccc(S(=O)(=O)NCC(C)N(C)C)cc1CO. The largest absolute Gasteiger partial charge is 0.496 e. The molecule has 2 N–H and O–H groups in total. The van der Waals surface area contributed by atoms with Gasteiger partial charge in [0, 0.05) is 18.2 Å². The number of nitrogens with one attached hydrogen (secondary N) is 1. The van der Waals surface area contributed by atoms with Gasteiger partial charge >= 0.3 is 0 Å². The topological polar surface area (TPSA) is 78.9 Å². The highest BCUT2D eigenvalue weighted by atomic mass is 32.2. The average Bonchev–Trinajstić information content (AvgIpc) is 2.43. The first-order valence-corrected chi connectivity index (χ1v) is 7.74. The number of hydrogen-bond acceptors (Lipinski definition) is 5. The van der Waals surface area contributed by atoms with Crippen LogP contribution in [-0.2, 0) is 16.6 Å². The van der Waals surface area contributed by atoms with E-state index in [9.17, 15) is 13.5 Å². The molecule has 1 unspecified atom stereocenters. The Kier molecular flexibility index (Phi) is 5.94. The number of aliphatic hydroxyl groups is 1. The summed E-state index contributed by atoms with van der Waals surface area (Å²) in [5.74, 6) is 0.466. The van der Waals surface area contributed by atoms with Gasteiger partial charge in [-0.2, -0.15) is 0 Å². The van der Waals surface area contributed by atoms with Crippen molar-refractivity contribution in [3.05, 3.63) is 23.8 Å². The van der Waals surface area contributed by atoms with Gasteiger partial charge in [-0.3, -0.25) is 0 Å². The van der Waals surface area contributed by atoms with Crippen molar-refractivity contribution in [1.29, 1.82) is 0 Å². The molecule has 7 heteroatoms. The Morgan fingerprint density at radius 3 is 2.55 bits per heavy atom. The number of likely N-dealkylation sites (N-methyl/N-ethyl adjacent to an activating group) is 1. The molecular formula is C13H22N2O4S. The van der Waals surface area contributed by atoms with Crippen LogP contribution < -0.4 is 9.46 Å². The molecule has 0 saturated carbocycles. The highest BCUT2D eigenvalue weighted by molar-refractivity contribution is 7.89. The Bertz CT molecular complexity index is 543. The molecule has 0 aromatic heterocycles. The Morgan fingerprint density at radius 1 is 1.40 bits per heavy atom. The third kappa shape index (κ3) is 4.17. The van der Waals surface area contributed by atoms with E-state index in [-0.39, 0.29) is 17.5 Å². The van der Waals surface area contributed by atoms with Crippen LogP contribution in [0.3, 0.4) is 0 Å². The first-order valence-electron chi connectivity index (χ1n) is 6.25. The van der Waals surface area contributed by atoms with Gasteiger partial charge in [0.25, 0.3) is 0 Å². The van der Waals surface area contributed by atoms with E-state index in [0.29, 0.717) is 17.9 Å². The third-order valence-electron chi connectivity index (χ3n) is 3.18. The Morgan fingerprint density at radius 2 is 2.05 bits per heavy atom. The Hall–Kier alpha value is -1.15. The van der Waals surface area contributed by atoms with Crippen LogP contribution in [0, 0.1) is 0 Å². The number of nitrogens with zero attached hydrogens (tertiary/aromatic N) is 1. The normalized spacial score (nSPS) is 13.5. The van der Waals surface area contributed by atoms with E-state index in [1.807, 2.05) is 25.9 Å². The number of benzene rings is 1. The maximum Gasteiger partial charge on any atom is 0.240 e. The maximum atomic E-state index is 12.2. The first kappa shape index (κ1) is 16.9. The molecule has 114 valence electrons. The minimum absolute atomic E-state index is 0.0836. The van der Waals surface area contributed by atoms with E-state index in [2.05, 4.69) is 4.72 Å². The molecule has 0 aliphatic carbocycles. The number of ether oxygens (including phenoxy) is 1. The summed E-state index contributed by atoms with van der Waals surface area (Å²) in [7, 11) is 1.65. The van der Waals surface area contributed by atoms with E-state index in [1.165, 1.54) is 25.3 Å². The summed E-state index contributed by atoms with van der Waals surface area (Å²) in [4.78, 5) is 2.05. The number of methoxy groups -OCH3 is 1. The quantitative estimate of drug-likeness (QED) is 0.763. The van der Waals surface area contributed by atoms with Gasteiger partial charge in [0.05, 0.1) is 18.6 Å². The molecule has 1 rings (SSSR count). The summed E-state index contributed by atoms with van der Waals surface area (Å²) < 4.78 is 32.0. The van der Waals surface area contributed by atoms with Crippen LogP contribution in [0.5, 0.6) is 5.75 Å². The van der Waals surface area contributed by atoms with Crippen LogP contribution in [0.4, 0.5) is 0 Å². The summed E-state index contributed by atoms with van der Waals surface area (Å²) in [6.45, 7) is 1.96. The van der Waals surface area contributed by atoms with Crippen LogP contribution in [0.25, 0.3) is 0 Å². The minimum Gasteiger partial charge on any atom is -0.496 e. The summed E-state index contributed by atoms with van der Waals surface area (Å²) in [5, 5.41) is 9.23. The van der Waals surface area contributed by atoms with Crippen LogP contribution in [0.15, 0.2) is 23.1 Å². The summed E-state index contributed by atoms with van der Waals surface area (Å²) in [6.07, 6.45) is 0. The van der Waals surface area contributed by atoms with Crippen LogP contribution in [-0.4, -0.2) is 52.2 Å². The van der Waals surface area contributed by atoms with Crippen molar-refractivity contribution >= 4 is 10.0 Å². The molecule has 0 heterocycles. The highest BCUT2D eigenvalue weighted by Gasteiger charge is 2.17. The standard InChI is InChI=1S/C13H22N2O4S/c1-10(15(2)3)8-14-20(17,18)12-5-6-13(19-4)11(7-12)9-16/h5-7,10,14,16H,8-9H2,1-4H3. The number of hydrogen-bond donors (Lipinski definition) is 2. The van der Waals surface area contributed by atoms with E-state index >= 15 is 0 Å². The van der Waals surface area contributed by atoms with Gasteiger partial charge in [-0.1, -0.05) is 0 Å². The monoisotopic (exact) mass is 302 g/mol. The van der Waals surface area contributed by atoms with Crippen LogP contribution in [0.2, 0.25) is 0 Å². The van der Waals surface area contributed by atoms with Gasteiger partial charge in [0.1, 0.15) is 5.75 Å².